The van der Waals surface area contributed by atoms with E-state index >= 15 is 0 Å². The van der Waals surface area contributed by atoms with Gasteiger partial charge in [0.05, 0.1) is 0 Å². The molecule has 1 nitrogen and oxygen atoms in total. The Bertz CT molecular complexity index is 15.7. The Balaban J connectivity index is -0.0000000105. The van der Waals surface area contributed by atoms with Gasteiger partial charge in [0.1, 0.15) is 0 Å². The predicted molar refractivity (Wildman–Crippen MR) is 29.8 cm³/mol. The SMILES string of the molecule is C=C.CCO.[Fe].[Na]. The number of aliphatic hydroxyl groups excluding tert-OH is 1. The Hall–Kier alpha value is 1.22. The summed E-state index contributed by atoms with van der Waals surface area (Å²) in [6, 6.07) is 0. The summed E-state index contributed by atoms with van der Waals surface area (Å²) in [7, 11) is 0. The van der Waals surface area contributed by atoms with Gasteiger partial charge in [-0.05, 0) is 6.92 Å². The number of hydrogen-bond acceptors (Lipinski definition) is 1. The molecule has 0 bridgehead atoms. The molecule has 0 aromatic heterocycles. The molecule has 1 radical (unpaired) electrons. The minimum atomic E-state index is 0. The van der Waals surface area contributed by atoms with E-state index in [0.29, 0.717) is 0 Å². The summed E-state index contributed by atoms with van der Waals surface area (Å²) >= 11 is 0. The normalized spacial score (nSPS) is 3.14. The second kappa shape index (κ2) is 56.7. The van der Waals surface area contributed by atoms with E-state index < -0.39 is 0 Å². The van der Waals surface area contributed by atoms with E-state index in [2.05, 4.69) is 13.2 Å². The molecule has 1 N–H and O–H groups in total. The first-order chi connectivity index (χ1) is 2.41. The largest absolute Gasteiger partial charge is 0.397 e. The van der Waals surface area contributed by atoms with Crippen LogP contribution in [0.15, 0.2) is 13.2 Å². The third-order valence-corrected chi connectivity index (χ3v) is 0. The minimum absolute atomic E-state index is 0. The molecule has 0 fully saturated rings. The Kier molecular flexibility index (Phi) is 195. The molecular weight excluding hydrogens is 143 g/mol. The summed E-state index contributed by atoms with van der Waals surface area (Å²) in [6.07, 6.45) is 0. The van der Waals surface area contributed by atoms with Crippen molar-refractivity contribution >= 4 is 29.6 Å². The molecule has 0 heterocycles. The van der Waals surface area contributed by atoms with Crippen molar-refractivity contribution in [2.75, 3.05) is 6.61 Å². The zero-order valence-corrected chi connectivity index (χ0v) is 8.03. The monoisotopic (exact) mass is 153 g/mol. The van der Waals surface area contributed by atoms with E-state index in [-0.39, 0.29) is 53.2 Å². The first kappa shape index (κ1) is 24.1. The molecule has 3 heteroatoms. The molecule has 7 heavy (non-hydrogen) atoms. The van der Waals surface area contributed by atoms with Crippen LogP contribution in [-0.2, 0) is 17.1 Å². The third kappa shape index (κ3) is 132. The van der Waals surface area contributed by atoms with Gasteiger partial charge in [-0.2, -0.15) is 0 Å². The molecule has 0 atom stereocenters. The van der Waals surface area contributed by atoms with Gasteiger partial charge in [-0.15, -0.1) is 13.2 Å². The molecule has 0 saturated heterocycles. The van der Waals surface area contributed by atoms with Crippen LogP contribution in [-0.4, -0.2) is 41.3 Å². The van der Waals surface area contributed by atoms with E-state index in [1.165, 1.54) is 0 Å². The van der Waals surface area contributed by atoms with E-state index in [1.54, 1.807) is 6.92 Å². The maximum absolute atomic E-state index is 7.57. The maximum atomic E-state index is 7.57. The molecule has 0 aromatic rings. The van der Waals surface area contributed by atoms with Crippen LogP contribution in [0, 0.1) is 0 Å². The van der Waals surface area contributed by atoms with Gasteiger partial charge in [-0.3, -0.25) is 0 Å². The van der Waals surface area contributed by atoms with E-state index in [9.17, 15) is 0 Å². The summed E-state index contributed by atoms with van der Waals surface area (Å²) in [6.45, 7) is 7.93. The number of aliphatic hydroxyl groups is 1. The molecule has 0 aliphatic heterocycles. The fourth-order valence-electron chi connectivity index (χ4n) is 0. The molecule has 0 amide bonds. The van der Waals surface area contributed by atoms with Crippen LogP contribution in [0.3, 0.4) is 0 Å². The van der Waals surface area contributed by atoms with Gasteiger partial charge < -0.3 is 5.11 Å². The van der Waals surface area contributed by atoms with Gasteiger partial charge in [0.25, 0.3) is 0 Å². The van der Waals surface area contributed by atoms with Crippen LogP contribution in [0.4, 0.5) is 0 Å². The van der Waals surface area contributed by atoms with Crippen molar-refractivity contribution in [1.82, 2.24) is 0 Å². The minimum Gasteiger partial charge on any atom is -0.397 e. The summed E-state index contributed by atoms with van der Waals surface area (Å²) in [4.78, 5) is 0. The molecule has 0 saturated carbocycles. The van der Waals surface area contributed by atoms with Gasteiger partial charge >= 0.3 is 0 Å². The van der Waals surface area contributed by atoms with Crippen molar-refractivity contribution in [1.29, 1.82) is 0 Å². The first-order valence-corrected chi connectivity index (χ1v) is 1.52. The van der Waals surface area contributed by atoms with Gasteiger partial charge in [0, 0.05) is 53.2 Å². The topological polar surface area (TPSA) is 20.2 Å². The molecule has 0 aliphatic rings. The fourth-order valence-corrected chi connectivity index (χ4v) is 0. The average molecular weight is 153 g/mol. The van der Waals surface area contributed by atoms with E-state index in [1.807, 2.05) is 0 Å². The summed E-state index contributed by atoms with van der Waals surface area (Å²) in [5, 5.41) is 7.57. The Morgan fingerprint density at radius 3 is 1.43 bits per heavy atom. The summed E-state index contributed by atoms with van der Waals surface area (Å²) < 4.78 is 0. The fraction of sp³-hybridized carbons (Fsp3) is 0.500. The standard InChI is InChI=1S/C2H6O.C2H4.Fe.Na/c1-2-3;1-2;;/h3H,2H2,1H3;1-2H2;;. The van der Waals surface area contributed by atoms with E-state index in [4.69, 9.17) is 5.11 Å². The summed E-state index contributed by atoms with van der Waals surface area (Å²) in [5.74, 6) is 0. The van der Waals surface area contributed by atoms with Crippen LogP contribution in [0.5, 0.6) is 0 Å². The van der Waals surface area contributed by atoms with Crippen molar-refractivity contribution in [2.24, 2.45) is 0 Å². The second-order valence-corrected chi connectivity index (χ2v) is 0.316. The summed E-state index contributed by atoms with van der Waals surface area (Å²) in [5.41, 5.74) is 0. The first-order valence-electron chi connectivity index (χ1n) is 1.52. The van der Waals surface area contributed by atoms with Gasteiger partial charge in [-0.1, -0.05) is 0 Å². The third-order valence-electron chi connectivity index (χ3n) is 0. The van der Waals surface area contributed by atoms with Crippen LogP contribution in [0.25, 0.3) is 0 Å². The zero-order valence-electron chi connectivity index (χ0n) is 4.92. The molecule has 0 aliphatic carbocycles. The molecule has 0 spiro atoms. The van der Waals surface area contributed by atoms with Crippen LogP contribution >= 0.6 is 0 Å². The van der Waals surface area contributed by atoms with Crippen LogP contribution in [0.2, 0.25) is 0 Å². The van der Waals surface area contributed by atoms with Crippen LogP contribution < -0.4 is 0 Å². The van der Waals surface area contributed by atoms with Gasteiger partial charge in [0.15, 0.2) is 0 Å². The van der Waals surface area contributed by atoms with E-state index in [0.717, 1.165) is 0 Å². The predicted octanol–water partition coefficient (Wildman–Crippen LogP) is 0.418. The van der Waals surface area contributed by atoms with Crippen molar-refractivity contribution in [3.63, 3.8) is 0 Å². The Labute approximate surface area is 78.0 Å². The second-order valence-electron chi connectivity index (χ2n) is 0.316. The van der Waals surface area contributed by atoms with Crippen molar-refractivity contribution in [3.8, 4) is 0 Å². The molecule has 0 unspecified atom stereocenters. The van der Waals surface area contributed by atoms with Crippen molar-refractivity contribution < 1.29 is 22.2 Å². The van der Waals surface area contributed by atoms with Crippen molar-refractivity contribution in [2.45, 2.75) is 6.92 Å². The van der Waals surface area contributed by atoms with Crippen molar-refractivity contribution in [3.05, 3.63) is 13.2 Å². The molecule has 0 rings (SSSR count). The quantitative estimate of drug-likeness (QED) is 0.394. The number of rotatable bonds is 0. The van der Waals surface area contributed by atoms with Gasteiger partial charge in [-0.25, -0.2) is 0 Å². The molecule has 0 aromatic carbocycles. The van der Waals surface area contributed by atoms with Crippen LogP contribution in [0.1, 0.15) is 6.92 Å². The smallest absolute Gasteiger partial charge is 0.0402 e. The average Bonchev–Trinajstić information content (AvgIpc) is 1.46. The zero-order chi connectivity index (χ0) is 4.71. The van der Waals surface area contributed by atoms with Gasteiger partial charge in [0.2, 0.25) is 0 Å². The Morgan fingerprint density at radius 1 is 1.43 bits per heavy atom. The molecular formula is C4H10FeNaO. The maximum Gasteiger partial charge on any atom is 0.0402 e. The number of hydrogen-bond donors (Lipinski definition) is 1. The Morgan fingerprint density at radius 2 is 1.43 bits per heavy atom. The molecule has 41 valence electrons.